The largest absolute Gasteiger partial charge is 0.361 e. The topological polar surface area (TPSA) is 51.4 Å². The van der Waals surface area contributed by atoms with Crippen molar-refractivity contribution < 1.29 is 4.79 Å². The number of aryl methyl sites for hydroxylation is 1. The van der Waals surface area contributed by atoms with Gasteiger partial charge >= 0.3 is 6.03 Å². The van der Waals surface area contributed by atoms with Crippen molar-refractivity contribution in [3.8, 4) is 0 Å². The lowest BCUT2D eigenvalue weighted by Gasteiger charge is -2.34. The van der Waals surface area contributed by atoms with Crippen LogP contribution in [0.2, 0.25) is 0 Å². The van der Waals surface area contributed by atoms with Gasteiger partial charge in [0.1, 0.15) is 0 Å². The summed E-state index contributed by atoms with van der Waals surface area (Å²) in [5.74, 6) is 0. The van der Waals surface area contributed by atoms with Crippen LogP contribution < -0.4 is 5.32 Å². The van der Waals surface area contributed by atoms with E-state index in [9.17, 15) is 4.79 Å². The quantitative estimate of drug-likeness (QED) is 0.740. The average molecular weight is 362 g/mol. The Morgan fingerprint density at radius 1 is 1.07 bits per heavy atom. The Morgan fingerprint density at radius 3 is 2.70 bits per heavy atom. The number of benzene rings is 2. The monoisotopic (exact) mass is 362 g/mol. The van der Waals surface area contributed by atoms with Gasteiger partial charge in [-0.3, -0.25) is 4.90 Å². The molecule has 0 atom stereocenters. The Morgan fingerprint density at radius 2 is 1.89 bits per heavy atom. The number of nitrogens with zero attached hydrogens (tertiary/aromatic N) is 2. The number of piperazine rings is 1. The molecule has 1 fully saturated rings. The van der Waals surface area contributed by atoms with Crippen molar-refractivity contribution in [1.82, 2.24) is 14.8 Å². The zero-order valence-electron chi connectivity index (χ0n) is 15.7. The number of hydrogen-bond acceptors (Lipinski definition) is 2. The summed E-state index contributed by atoms with van der Waals surface area (Å²) < 4.78 is 0. The number of amides is 2. The van der Waals surface area contributed by atoms with Crippen molar-refractivity contribution in [2.75, 3.05) is 38.0 Å². The minimum atomic E-state index is -0.00289. The molecule has 140 valence electrons. The number of fused-ring (bicyclic) bond motifs is 1. The first kappa shape index (κ1) is 17.6. The summed E-state index contributed by atoms with van der Waals surface area (Å²) in [5, 5.41) is 4.32. The fraction of sp³-hybridized carbons (Fsp3) is 0.318. The highest BCUT2D eigenvalue weighted by atomic mass is 16.2. The van der Waals surface area contributed by atoms with Gasteiger partial charge in [-0.2, -0.15) is 0 Å². The van der Waals surface area contributed by atoms with E-state index in [0.29, 0.717) is 0 Å². The molecule has 0 spiro atoms. The van der Waals surface area contributed by atoms with Gasteiger partial charge in [0.15, 0.2) is 0 Å². The summed E-state index contributed by atoms with van der Waals surface area (Å²) in [6, 6.07) is 16.4. The molecule has 5 nitrogen and oxygen atoms in total. The summed E-state index contributed by atoms with van der Waals surface area (Å²) in [5.41, 5.74) is 4.58. The molecule has 0 unspecified atom stereocenters. The first-order valence-corrected chi connectivity index (χ1v) is 9.59. The molecule has 0 saturated carbocycles. The van der Waals surface area contributed by atoms with E-state index >= 15 is 0 Å². The number of para-hydroxylation sites is 1. The Bertz CT molecular complexity index is 925. The molecule has 2 heterocycles. The van der Waals surface area contributed by atoms with E-state index in [0.717, 1.165) is 50.4 Å². The molecule has 0 aliphatic carbocycles. The molecule has 4 rings (SSSR count). The van der Waals surface area contributed by atoms with Crippen LogP contribution >= 0.6 is 0 Å². The Kier molecular flexibility index (Phi) is 5.12. The predicted molar refractivity (Wildman–Crippen MR) is 110 cm³/mol. The molecule has 1 aromatic heterocycles. The average Bonchev–Trinajstić information content (AvgIpc) is 3.10. The number of hydrogen-bond donors (Lipinski definition) is 2. The minimum Gasteiger partial charge on any atom is -0.361 e. The smallest absolute Gasteiger partial charge is 0.321 e. The van der Waals surface area contributed by atoms with Crippen molar-refractivity contribution in [3.05, 3.63) is 65.9 Å². The molecule has 2 amide bonds. The molecule has 5 heteroatoms. The molecule has 3 aromatic rings. The van der Waals surface area contributed by atoms with Crippen molar-refractivity contribution in [1.29, 1.82) is 0 Å². The number of carbonyl (C=O) groups is 1. The van der Waals surface area contributed by atoms with Crippen molar-refractivity contribution in [2.24, 2.45) is 0 Å². The van der Waals surface area contributed by atoms with Gasteiger partial charge in [-0.25, -0.2) is 4.79 Å². The minimum absolute atomic E-state index is 0.00289. The molecular formula is C22H26N4O. The van der Waals surface area contributed by atoms with E-state index in [-0.39, 0.29) is 6.03 Å². The maximum Gasteiger partial charge on any atom is 0.321 e. The Balaban J connectivity index is 1.27. The molecule has 0 bridgehead atoms. The number of carbonyl (C=O) groups excluding carboxylic acids is 1. The number of anilines is 1. The summed E-state index contributed by atoms with van der Waals surface area (Å²) in [7, 11) is 0. The van der Waals surface area contributed by atoms with E-state index in [2.05, 4.69) is 45.7 Å². The maximum absolute atomic E-state index is 12.5. The van der Waals surface area contributed by atoms with Crippen LogP contribution in [0.25, 0.3) is 10.9 Å². The summed E-state index contributed by atoms with van der Waals surface area (Å²) >= 11 is 0. The zero-order chi connectivity index (χ0) is 18.6. The van der Waals surface area contributed by atoms with E-state index in [4.69, 9.17) is 0 Å². The van der Waals surface area contributed by atoms with Gasteiger partial charge in [0.05, 0.1) is 0 Å². The number of H-pyrrole nitrogens is 1. The van der Waals surface area contributed by atoms with Gasteiger partial charge in [0, 0.05) is 55.5 Å². The normalized spacial score (nSPS) is 15.2. The maximum atomic E-state index is 12.5. The molecular weight excluding hydrogens is 336 g/mol. The highest BCUT2D eigenvalue weighted by Gasteiger charge is 2.21. The third-order valence-electron chi connectivity index (χ3n) is 5.30. The van der Waals surface area contributed by atoms with Gasteiger partial charge in [-0.1, -0.05) is 30.3 Å². The van der Waals surface area contributed by atoms with Gasteiger partial charge in [0.2, 0.25) is 0 Å². The number of aromatic nitrogens is 1. The number of nitrogens with one attached hydrogen (secondary N) is 2. The molecule has 2 aromatic carbocycles. The highest BCUT2D eigenvalue weighted by molar-refractivity contribution is 5.89. The standard InChI is InChI=1S/C22H26N4O/c1-17-5-4-6-19(15-17)24-22(27)26-13-11-25(12-14-26)10-9-18-16-23-21-8-3-2-7-20(18)21/h2-8,15-16,23H,9-14H2,1H3,(H,24,27). The van der Waals surface area contributed by atoms with Crippen LogP contribution in [0, 0.1) is 6.92 Å². The van der Waals surface area contributed by atoms with Crippen LogP contribution in [0.3, 0.4) is 0 Å². The van der Waals surface area contributed by atoms with Gasteiger partial charge < -0.3 is 15.2 Å². The molecule has 1 aliphatic heterocycles. The summed E-state index contributed by atoms with van der Waals surface area (Å²) in [6.07, 6.45) is 3.15. The lowest BCUT2D eigenvalue weighted by atomic mass is 10.1. The van der Waals surface area contributed by atoms with Crippen LogP contribution in [0.1, 0.15) is 11.1 Å². The zero-order valence-corrected chi connectivity index (χ0v) is 15.7. The Labute approximate surface area is 160 Å². The lowest BCUT2D eigenvalue weighted by molar-refractivity contribution is 0.148. The van der Waals surface area contributed by atoms with E-state index in [1.165, 1.54) is 16.5 Å². The lowest BCUT2D eigenvalue weighted by Crippen LogP contribution is -2.50. The Hall–Kier alpha value is -2.79. The highest BCUT2D eigenvalue weighted by Crippen LogP contribution is 2.18. The number of aromatic amines is 1. The van der Waals surface area contributed by atoms with Crippen LogP contribution in [-0.4, -0.2) is 53.5 Å². The molecule has 1 aliphatic rings. The van der Waals surface area contributed by atoms with E-state index in [1.807, 2.05) is 36.1 Å². The number of rotatable bonds is 4. The second-order valence-corrected chi connectivity index (χ2v) is 7.24. The van der Waals surface area contributed by atoms with Crippen molar-refractivity contribution >= 4 is 22.6 Å². The van der Waals surface area contributed by atoms with Crippen molar-refractivity contribution in [2.45, 2.75) is 13.3 Å². The van der Waals surface area contributed by atoms with Crippen LogP contribution in [-0.2, 0) is 6.42 Å². The van der Waals surface area contributed by atoms with Crippen LogP contribution in [0.4, 0.5) is 10.5 Å². The van der Waals surface area contributed by atoms with Gasteiger partial charge in [-0.05, 0) is 42.7 Å². The van der Waals surface area contributed by atoms with E-state index in [1.54, 1.807) is 0 Å². The van der Waals surface area contributed by atoms with Crippen molar-refractivity contribution in [3.63, 3.8) is 0 Å². The van der Waals surface area contributed by atoms with Gasteiger partial charge in [0.25, 0.3) is 0 Å². The second-order valence-electron chi connectivity index (χ2n) is 7.24. The first-order chi connectivity index (χ1) is 13.2. The molecule has 1 saturated heterocycles. The third kappa shape index (κ3) is 4.14. The van der Waals surface area contributed by atoms with Crippen LogP contribution in [0.15, 0.2) is 54.7 Å². The number of urea groups is 1. The SMILES string of the molecule is Cc1cccc(NC(=O)N2CCN(CCc3c[nH]c4ccccc34)CC2)c1. The predicted octanol–water partition coefficient (Wildman–Crippen LogP) is 3.87. The fourth-order valence-electron chi connectivity index (χ4n) is 3.72. The molecule has 0 radical (unpaired) electrons. The third-order valence-corrected chi connectivity index (χ3v) is 5.30. The molecule has 2 N–H and O–H groups in total. The second kappa shape index (κ2) is 7.84. The summed E-state index contributed by atoms with van der Waals surface area (Å²) in [6.45, 7) is 6.43. The van der Waals surface area contributed by atoms with Crippen LogP contribution in [0.5, 0.6) is 0 Å². The van der Waals surface area contributed by atoms with E-state index < -0.39 is 0 Å². The molecule has 27 heavy (non-hydrogen) atoms. The fourth-order valence-corrected chi connectivity index (χ4v) is 3.72. The summed E-state index contributed by atoms with van der Waals surface area (Å²) in [4.78, 5) is 20.2. The van der Waals surface area contributed by atoms with Gasteiger partial charge in [-0.15, -0.1) is 0 Å². The first-order valence-electron chi connectivity index (χ1n) is 9.59.